The maximum absolute atomic E-state index is 15.9. The molecule has 0 spiro atoms. The second kappa shape index (κ2) is 8.48. The van der Waals surface area contributed by atoms with Crippen LogP contribution in [0.4, 0.5) is 19.4 Å². The molecule has 2 saturated heterocycles. The normalized spacial score (nSPS) is 19.3. The van der Waals surface area contributed by atoms with E-state index in [-0.39, 0.29) is 34.4 Å². The lowest BCUT2D eigenvalue weighted by atomic mass is 9.96. The van der Waals surface area contributed by atoms with E-state index in [1.54, 1.807) is 35.4 Å². The van der Waals surface area contributed by atoms with Gasteiger partial charge in [0.2, 0.25) is 0 Å². The summed E-state index contributed by atoms with van der Waals surface area (Å²) >= 11 is 6.27. The fourth-order valence-corrected chi connectivity index (χ4v) is 5.59. The van der Waals surface area contributed by atoms with Crippen LogP contribution in [0.3, 0.4) is 0 Å². The number of rotatable bonds is 2. The van der Waals surface area contributed by atoms with Gasteiger partial charge in [0.15, 0.2) is 5.82 Å². The zero-order valence-corrected chi connectivity index (χ0v) is 21.3. The first-order valence-corrected chi connectivity index (χ1v) is 12.4. The van der Waals surface area contributed by atoms with Crippen molar-refractivity contribution in [1.82, 2.24) is 19.9 Å². The van der Waals surface area contributed by atoms with E-state index < -0.39 is 17.2 Å². The van der Waals surface area contributed by atoms with E-state index in [0.29, 0.717) is 40.6 Å². The molecule has 1 amide bonds. The van der Waals surface area contributed by atoms with Gasteiger partial charge in [-0.2, -0.15) is 0 Å². The van der Waals surface area contributed by atoms with Crippen molar-refractivity contribution in [3.8, 4) is 11.3 Å². The monoisotopic (exact) mass is 523 g/mol. The molecule has 0 unspecified atom stereocenters. The van der Waals surface area contributed by atoms with Crippen LogP contribution in [0.2, 0.25) is 5.02 Å². The van der Waals surface area contributed by atoms with E-state index in [9.17, 15) is 9.18 Å². The molecule has 2 fully saturated rings. The highest BCUT2D eigenvalue weighted by Gasteiger charge is 2.50. The number of benzene rings is 2. The van der Waals surface area contributed by atoms with Crippen LogP contribution in [0.25, 0.3) is 32.9 Å². The molecule has 37 heavy (non-hydrogen) atoms. The zero-order valence-electron chi connectivity index (χ0n) is 20.5. The Morgan fingerprint density at radius 2 is 1.92 bits per heavy atom. The Hall–Kier alpha value is -3.59. The fourth-order valence-electron chi connectivity index (χ4n) is 5.31. The van der Waals surface area contributed by atoms with Gasteiger partial charge in [-0.3, -0.25) is 4.98 Å². The van der Waals surface area contributed by atoms with E-state index in [4.69, 9.17) is 16.3 Å². The average Bonchev–Trinajstić information content (AvgIpc) is 3.17. The van der Waals surface area contributed by atoms with Gasteiger partial charge in [0.1, 0.15) is 34.8 Å². The van der Waals surface area contributed by atoms with Crippen LogP contribution < -0.4 is 4.90 Å². The van der Waals surface area contributed by atoms with E-state index in [1.165, 1.54) is 12.4 Å². The summed E-state index contributed by atoms with van der Waals surface area (Å²) in [5, 5.41) is 1.45. The number of amides is 1. The number of pyridine rings is 1. The summed E-state index contributed by atoms with van der Waals surface area (Å²) in [4.78, 5) is 29.5. The number of carbonyl (C=O) groups is 1. The van der Waals surface area contributed by atoms with Gasteiger partial charge < -0.3 is 14.5 Å². The molecule has 2 aromatic carbocycles. The highest BCUT2D eigenvalue weighted by molar-refractivity contribution is 6.36. The van der Waals surface area contributed by atoms with Crippen molar-refractivity contribution >= 4 is 45.2 Å². The van der Waals surface area contributed by atoms with E-state index in [2.05, 4.69) is 19.9 Å². The smallest absolute Gasteiger partial charge is 0.410 e. The summed E-state index contributed by atoms with van der Waals surface area (Å²) < 4.78 is 35.7. The Morgan fingerprint density at radius 3 is 2.70 bits per heavy atom. The van der Waals surface area contributed by atoms with Crippen LogP contribution in [-0.4, -0.2) is 56.7 Å². The molecule has 2 aromatic heterocycles. The number of hydrogen-bond acceptors (Lipinski definition) is 6. The van der Waals surface area contributed by atoms with E-state index >= 15 is 4.39 Å². The van der Waals surface area contributed by atoms with Gasteiger partial charge in [0.05, 0.1) is 22.5 Å². The SMILES string of the molecule is CC(C)(C)OC(=O)N1CC[C@@H]2[C@H]1CN2c1ncnc2c(F)c(-c3cccc4ccc(F)c(Cl)c34)ncc12. The summed E-state index contributed by atoms with van der Waals surface area (Å²) in [6.45, 7) is 6.67. The molecule has 6 rings (SSSR count). The van der Waals surface area contributed by atoms with Crippen molar-refractivity contribution in [1.29, 1.82) is 0 Å². The quantitative estimate of drug-likeness (QED) is 0.322. The zero-order chi connectivity index (χ0) is 26.1. The van der Waals surface area contributed by atoms with E-state index in [0.717, 1.165) is 6.42 Å². The van der Waals surface area contributed by atoms with Gasteiger partial charge >= 0.3 is 6.09 Å². The predicted molar refractivity (Wildman–Crippen MR) is 138 cm³/mol. The Kier molecular flexibility index (Phi) is 5.45. The maximum Gasteiger partial charge on any atom is 0.410 e. The molecule has 0 radical (unpaired) electrons. The van der Waals surface area contributed by atoms with Crippen molar-refractivity contribution in [2.24, 2.45) is 0 Å². The summed E-state index contributed by atoms with van der Waals surface area (Å²) in [5.74, 6) is -0.651. The number of anilines is 1. The molecule has 0 N–H and O–H groups in total. The summed E-state index contributed by atoms with van der Waals surface area (Å²) in [6, 6.07) is 8.13. The minimum Gasteiger partial charge on any atom is -0.444 e. The number of hydrogen-bond donors (Lipinski definition) is 0. The van der Waals surface area contributed by atoms with Gasteiger partial charge in [-0.1, -0.05) is 35.9 Å². The Labute approximate surface area is 217 Å². The molecule has 4 aromatic rings. The molecule has 10 heteroatoms. The van der Waals surface area contributed by atoms with Gasteiger partial charge in [0, 0.05) is 30.2 Å². The second-order valence-corrected chi connectivity index (χ2v) is 10.8. The molecular formula is C27H24ClF2N5O2. The highest BCUT2D eigenvalue weighted by Crippen LogP contribution is 2.41. The summed E-state index contributed by atoms with van der Waals surface area (Å²) in [5.41, 5.74) is -0.0318. The minimum atomic E-state index is -0.632. The minimum absolute atomic E-state index is 0.00432. The summed E-state index contributed by atoms with van der Waals surface area (Å²) in [6.07, 6.45) is 3.30. The predicted octanol–water partition coefficient (Wildman–Crippen LogP) is 5.97. The van der Waals surface area contributed by atoms with E-state index in [1.807, 2.05) is 20.8 Å². The second-order valence-electron chi connectivity index (χ2n) is 10.4. The molecule has 0 bridgehead atoms. The maximum atomic E-state index is 15.9. The average molecular weight is 524 g/mol. The fraction of sp³-hybridized carbons (Fsp3) is 0.333. The first kappa shape index (κ1) is 23.8. The number of nitrogens with zero attached hydrogens (tertiary/aromatic N) is 5. The molecule has 7 nitrogen and oxygen atoms in total. The lowest BCUT2D eigenvalue weighted by molar-refractivity contribution is 0.0193. The number of likely N-dealkylation sites (tertiary alicyclic amines) is 1. The first-order valence-electron chi connectivity index (χ1n) is 12.1. The lowest BCUT2D eigenvalue weighted by Gasteiger charge is -2.47. The molecule has 190 valence electrons. The van der Waals surface area contributed by atoms with Gasteiger partial charge in [-0.05, 0) is 38.6 Å². The third-order valence-electron chi connectivity index (χ3n) is 6.99. The van der Waals surface area contributed by atoms with Gasteiger partial charge in [-0.15, -0.1) is 0 Å². The highest BCUT2D eigenvalue weighted by atomic mass is 35.5. The van der Waals surface area contributed by atoms with Crippen LogP contribution in [0, 0.1) is 11.6 Å². The summed E-state index contributed by atoms with van der Waals surface area (Å²) in [7, 11) is 0. The number of aromatic nitrogens is 3. The van der Waals surface area contributed by atoms with Crippen LogP contribution in [0.1, 0.15) is 27.2 Å². The molecule has 0 aliphatic carbocycles. The standard InChI is InChI=1S/C27H24ClF2N5O2/c1-27(2,3)37-26(36)34-10-9-18-19(34)12-35(18)25-16-11-31-23(22(30)24(16)32-13-33-25)15-6-4-5-14-7-8-17(29)21(28)20(14)15/h4-8,11,13,18-19H,9-10,12H2,1-3H3/t18-,19-/m1/s1. The molecule has 2 atom stereocenters. The lowest BCUT2D eigenvalue weighted by Crippen LogP contribution is -2.63. The topological polar surface area (TPSA) is 71.5 Å². The Morgan fingerprint density at radius 1 is 1.11 bits per heavy atom. The van der Waals surface area contributed by atoms with Crippen molar-refractivity contribution in [2.45, 2.75) is 44.9 Å². The Bertz CT molecular complexity index is 1570. The van der Waals surface area contributed by atoms with Crippen LogP contribution in [0.5, 0.6) is 0 Å². The molecule has 0 saturated carbocycles. The largest absolute Gasteiger partial charge is 0.444 e. The van der Waals surface area contributed by atoms with Crippen molar-refractivity contribution in [3.05, 3.63) is 59.5 Å². The van der Waals surface area contributed by atoms with Crippen molar-refractivity contribution in [3.63, 3.8) is 0 Å². The first-order chi connectivity index (χ1) is 17.6. The number of ether oxygens (including phenoxy) is 1. The number of fused-ring (bicyclic) bond motifs is 3. The van der Waals surface area contributed by atoms with Crippen LogP contribution in [0.15, 0.2) is 42.9 Å². The third-order valence-corrected chi connectivity index (χ3v) is 7.36. The molecule has 2 aliphatic rings. The molecule has 4 heterocycles. The van der Waals surface area contributed by atoms with Gasteiger partial charge in [-0.25, -0.2) is 23.5 Å². The number of halogens is 3. The Balaban J connectivity index is 1.36. The molecular weight excluding hydrogens is 500 g/mol. The number of carbonyl (C=O) groups excluding carboxylic acids is 1. The van der Waals surface area contributed by atoms with Crippen molar-refractivity contribution < 1.29 is 18.3 Å². The molecule has 2 aliphatic heterocycles. The third kappa shape index (κ3) is 3.83. The van der Waals surface area contributed by atoms with Crippen molar-refractivity contribution in [2.75, 3.05) is 18.0 Å². The van der Waals surface area contributed by atoms with Gasteiger partial charge in [0.25, 0.3) is 0 Å². The van der Waals surface area contributed by atoms with Crippen LogP contribution >= 0.6 is 11.6 Å². The van der Waals surface area contributed by atoms with Crippen LogP contribution in [-0.2, 0) is 4.74 Å².